The molecule has 0 unspecified atom stereocenters. The van der Waals surface area contributed by atoms with Crippen LogP contribution in [0.5, 0.6) is 11.5 Å². The van der Waals surface area contributed by atoms with Crippen LogP contribution in [-0.4, -0.2) is 43.3 Å². The highest BCUT2D eigenvalue weighted by Crippen LogP contribution is 2.38. The van der Waals surface area contributed by atoms with Crippen molar-refractivity contribution in [3.8, 4) is 11.5 Å². The van der Waals surface area contributed by atoms with Gasteiger partial charge in [0.05, 0.1) is 19.4 Å². The fourth-order valence-corrected chi connectivity index (χ4v) is 4.41. The Kier molecular flexibility index (Phi) is 8.23. The predicted molar refractivity (Wildman–Crippen MR) is 155 cm³/mol. The minimum Gasteiger partial charge on any atom is -0.500 e. The molecule has 4 aromatic rings. The summed E-state index contributed by atoms with van der Waals surface area (Å²) in [6.07, 6.45) is 1.70. The monoisotopic (exact) mass is 539 g/mol. The van der Waals surface area contributed by atoms with Gasteiger partial charge in [-0.15, -0.1) is 0 Å². The maximum absolute atomic E-state index is 14.0. The van der Waals surface area contributed by atoms with E-state index in [1.165, 1.54) is 6.07 Å². The van der Waals surface area contributed by atoms with Gasteiger partial charge in [-0.1, -0.05) is 24.3 Å². The van der Waals surface area contributed by atoms with Crippen LogP contribution in [0.2, 0.25) is 0 Å². The molecule has 40 heavy (non-hydrogen) atoms. The molecule has 10 heteroatoms. The largest absolute Gasteiger partial charge is 0.500 e. The number of aromatic nitrogens is 2. The van der Waals surface area contributed by atoms with E-state index in [4.69, 9.17) is 16.0 Å². The van der Waals surface area contributed by atoms with E-state index >= 15 is 0 Å². The fraction of sp³-hybridized carbons (Fsp3) is 0.233. The topological polar surface area (TPSA) is 87.9 Å². The molecule has 0 radical (unpaired) electrons. The zero-order valence-corrected chi connectivity index (χ0v) is 22.4. The Morgan fingerprint density at radius 1 is 1.02 bits per heavy atom. The molecule has 0 spiro atoms. The van der Waals surface area contributed by atoms with Gasteiger partial charge in [-0.2, -0.15) is 4.98 Å². The van der Waals surface area contributed by atoms with Crippen molar-refractivity contribution in [1.82, 2.24) is 15.3 Å². The Balaban J connectivity index is 1.35. The molecule has 0 saturated carbocycles. The van der Waals surface area contributed by atoms with Gasteiger partial charge in [0.2, 0.25) is 5.95 Å². The molecule has 3 N–H and O–H groups in total. The van der Waals surface area contributed by atoms with Crippen LogP contribution in [-0.2, 0) is 6.61 Å². The minimum atomic E-state index is -0.354. The van der Waals surface area contributed by atoms with Crippen LogP contribution in [0, 0.1) is 19.3 Å². The second-order valence-corrected chi connectivity index (χ2v) is 9.24. The molecule has 1 aliphatic rings. The highest BCUT2D eigenvalue weighted by Gasteiger charge is 2.16. The van der Waals surface area contributed by atoms with Crippen molar-refractivity contribution < 1.29 is 13.9 Å². The molecule has 3 aromatic carbocycles. The van der Waals surface area contributed by atoms with Crippen molar-refractivity contribution in [2.75, 3.05) is 48.8 Å². The number of methoxy groups -OCH3 is 1. The smallest absolute Gasteiger partial charge is 0.250 e. The Labute approximate surface area is 232 Å². The molecule has 0 bridgehead atoms. The first-order valence-electron chi connectivity index (χ1n) is 12.9. The molecular weight excluding hydrogens is 509 g/mol. The number of rotatable bonds is 9. The van der Waals surface area contributed by atoms with Crippen molar-refractivity contribution in [3.05, 3.63) is 95.2 Å². The maximum atomic E-state index is 14.0. The summed E-state index contributed by atoms with van der Waals surface area (Å²) in [6.45, 7) is 13.4. The maximum Gasteiger partial charge on any atom is 0.250 e. The first-order valence-corrected chi connectivity index (χ1v) is 12.9. The number of nitrogens with one attached hydrogen (secondary N) is 3. The molecule has 1 aliphatic heterocycles. The first kappa shape index (κ1) is 26.7. The van der Waals surface area contributed by atoms with Gasteiger partial charge >= 0.3 is 0 Å². The SMILES string of the molecule is [C-]#[N+]c1c(Nc2nc(Nc3ccc(N4CCNCC4)cc3OC)ncc2C)cccc1OCc1ccccc1F. The van der Waals surface area contributed by atoms with Gasteiger partial charge in [0.25, 0.3) is 5.69 Å². The van der Waals surface area contributed by atoms with Crippen molar-refractivity contribution in [1.29, 1.82) is 0 Å². The highest BCUT2D eigenvalue weighted by atomic mass is 19.1. The van der Waals surface area contributed by atoms with Crippen LogP contribution in [0.3, 0.4) is 0 Å². The summed E-state index contributed by atoms with van der Waals surface area (Å²) in [7, 11) is 1.64. The zero-order valence-electron chi connectivity index (χ0n) is 22.4. The second-order valence-electron chi connectivity index (χ2n) is 9.24. The number of anilines is 5. The fourth-order valence-electron chi connectivity index (χ4n) is 4.41. The van der Waals surface area contributed by atoms with Gasteiger partial charge in [0.1, 0.15) is 29.7 Å². The zero-order chi connectivity index (χ0) is 27.9. The summed E-state index contributed by atoms with van der Waals surface area (Å²) in [4.78, 5) is 15.1. The van der Waals surface area contributed by atoms with Gasteiger partial charge < -0.3 is 30.3 Å². The van der Waals surface area contributed by atoms with Crippen molar-refractivity contribution >= 4 is 34.5 Å². The lowest BCUT2D eigenvalue weighted by Gasteiger charge is -2.30. The number of halogens is 1. The normalized spacial score (nSPS) is 12.9. The lowest BCUT2D eigenvalue weighted by atomic mass is 10.2. The number of ether oxygens (including phenoxy) is 2. The third-order valence-electron chi connectivity index (χ3n) is 6.59. The lowest BCUT2D eigenvalue weighted by molar-refractivity contribution is 0.302. The summed E-state index contributed by atoms with van der Waals surface area (Å²) in [5.41, 5.74) is 3.83. The van der Waals surface area contributed by atoms with E-state index in [0.29, 0.717) is 34.5 Å². The third-order valence-corrected chi connectivity index (χ3v) is 6.59. The van der Waals surface area contributed by atoms with Crippen LogP contribution < -0.4 is 30.3 Å². The molecular formula is C30H30FN7O2. The average molecular weight is 540 g/mol. The number of piperazine rings is 1. The van der Waals surface area contributed by atoms with Crippen molar-refractivity contribution in [2.45, 2.75) is 13.5 Å². The number of nitrogens with zero attached hydrogens (tertiary/aromatic N) is 4. The number of para-hydroxylation sites is 1. The first-order chi connectivity index (χ1) is 19.6. The van der Waals surface area contributed by atoms with Gasteiger partial charge in [0.15, 0.2) is 0 Å². The third kappa shape index (κ3) is 6.06. The summed E-state index contributed by atoms with van der Waals surface area (Å²) < 4.78 is 25.5. The molecule has 5 rings (SSSR count). The Morgan fingerprint density at radius 2 is 1.85 bits per heavy atom. The van der Waals surface area contributed by atoms with Gasteiger partial charge in [-0.3, -0.25) is 0 Å². The van der Waals surface area contributed by atoms with Crippen LogP contribution >= 0.6 is 0 Å². The Morgan fingerprint density at radius 3 is 2.62 bits per heavy atom. The number of aryl methyl sites for hydroxylation is 1. The summed E-state index contributed by atoms with van der Waals surface area (Å²) >= 11 is 0. The minimum absolute atomic E-state index is 0.00845. The van der Waals surface area contributed by atoms with Crippen LogP contribution in [0.25, 0.3) is 4.85 Å². The van der Waals surface area contributed by atoms with Crippen LogP contribution in [0.4, 0.5) is 38.9 Å². The molecule has 0 aliphatic carbocycles. The van der Waals surface area contributed by atoms with Crippen LogP contribution in [0.15, 0.2) is 66.9 Å². The quantitative estimate of drug-likeness (QED) is 0.225. The van der Waals surface area contributed by atoms with E-state index in [1.54, 1.807) is 49.7 Å². The second kappa shape index (κ2) is 12.3. The van der Waals surface area contributed by atoms with Crippen molar-refractivity contribution in [3.63, 3.8) is 0 Å². The van der Waals surface area contributed by atoms with Crippen molar-refractivity contribution in [2.24, 2.45) is 0 Å². The van der Waals surface area contributed by atoms with E-state index in [9.17, 15) is 4.39 Å². The number of benzene rings is 3. The molecule has 9 nitrogen and oxygen atoms in total. The lowest BCUT2D eigenvalue weighted by Crippen LogP contribution is -2.43. The van der Waals surface area contributed by atoms with Crippen LogP contribution in [0.1, 0.15) is 11.1 Å². The summed E-state index contributed by atoms with van der Waals surface area (Å²) in [5.74, 6) is 1.59. The van der Waals surface area contributed by atoms with E-state index < -0.39 is 0 Å². The average Bonchev–Trinajstić information content (AvgIpc) is 2.99. The highest BCUT2D eigenvalue weighted by molar-refractivity contribution is 5.80. The Hall–Kier alpha value is -4.88. The molecule has 0 amide bonds. The van der Waals surface area contributed by atoms with Gasteiger partial charge in [0, 0.05) is 60.9 Å². The molecule has 0 atom stereocenters. The predicted octanol–water partition coefficient (Wildman–Crippen LogP) is 5.96. The number of hydrogen-bond donors (Lipinski definition) is 3. The molecule has 1 saturated heterocycles. The van der Waals surface area contributed by atoms with E-state index in [1.807, 2.05) is 19.1 Å². The summed E-state index contributed by atoms with van der Waals surface area (Å²) in [6, 6.07) is 17.7. The van der Waals surface area contributed by atoms with Gasteiger partial charge in [-0.05, 0) is 37.3 Å². The molecule has 1 fully saturated rings. The van der Waals surface area contributed by atoms with E-state index in [-0.39, 0.29) is 18.1 Å². The standard InChI is InChI=1S/C30H30FN7O2/c1-20-18-34-30(36-24-12-11-22(17-27(24)39-3)38-15-13-33-14-16-38)37-29(20)35-25-9-6-10-26(28(25)32-2)40-19-21-7-4-5-8-23(21)31/h4-12,17-18,33H,13-16,19H2,1,3H3,(H2,34,35,36,37). The number of hydrogen-bond acceptors (Lipinski definition) is 8. The van der Waals surface area contributed by atoms with E-state index in [2.05, 4.69) is 41.7 Å². The van der Waals surface area contributed by atoms with E-state index in [0.717, 1.165) is 43.1 Å². The summed E-state index contributed by atoms with van der Waals surface area (Å²) in [5, 5.41) is 9.86. The molecule has 1 aromatic heterocycles. The van der Waals surface area contributed by atoms with Gasteiger partial charge in [-0.25, -0.2) is 14.2 Å². The molecule has 204 valence electrons. The Bertz CT molecular complexity index is 1530. The molecule has 2 heterocycles.